The number of nitrogens with zero attached hydrogens (tertiary/aromatic N) is 3. The molecule has 0 unspecified atom stereocenters. The summed E-state index contributed by atoms with van der Waals surface area (Å²) in [5, 5.41) is 11.0. The number of amides is 1. The fourth-order valence-corrected chi connectivity index (χ4v) is 3.52. The number of carbonyl (C=O) groups excluding carboxylic acids is 1. The van der Waals surface area contributed by atoms with Crippen molar-refractivity contribution < 1.29 is 13.8 Å². The van der Waals surface area contributed by atoms with Crippen molar-refractivity contribution in [3.63, 3.8) is 0 Å². The molecule has 0 saturated carbocycles. The van der Waals surface area contributed by atoms with E-state index in [0.717, 1.165) is 15.4 Å². The normalized spacial score (nSPS) is 10.7. The van der Waals surface area contributed by atoms with E-state index in [9.17, 15) is 9.18 Å². The Morgan fingerprint density at radius 1 is 1.04 bits per heavy atom. The van der Waals surface area contributed by atoms with Gasteiger partial charge in [-0.3, -0.25) is 4.79 Å². The Morgan fingerprint density at radius 2 is 1.78 bits per heavy atom. The van der Waals surface area contributed by atoms with Crippen molar-refractivity contribution in [1.29, 1.82) is 0 Å². The highest BCUT2D eigenvalue weighted by atomic mass is 32.1. The number of halogens is 1. The lowest BCUT2D eigenvalue weighted by molar-refractivity contribution is 0.102. The highest BCUT2D eigenvalue weighted by Crippen LogP contribution is 2.31. The molecule has 2 aromatic heterocycles. The number of thiazole rings is 1. The van der Waals surface area contributed by atoms with E-state index in [1.165, 1.54) is 35.6 Å². The monoisotopic (exact) mass is 380 g/mol. The Morgan fingerprint density at radius 3 is 2.52 bits per heavy atom. The van der Waals surface area contributed by atoms with Gasteiger partial charge in [-0.15, -0.1) is 11.3 Å². The van der Waals surface area contributed by atoms with Crippen molar-refractivity contribution in [3.8, 4) is 21.7 Å². The van der Waals surface area contributed by atoms with Crippen molar-refractivity contribution in [3.05, 3.63) is 71.1 Å². The van der Waals surface area contributed by atoms with Crippen LogP contribution in [-0.2, 0) is 0 Å². The second kappa shape index (κ2) is 7.08. The predicted molar refractivity (Wildman–Crippen MR) is 99.9 cm³/mol. The molecular formula is C19H13FN4O2S. The molecule has 0 radical (unpaired) electrons. The van der Waals surface area contributed by atoms with Crippen LogP contribution in [0, 0.1) is 12.7 Å². The molecule has 0 saturated heterocycles. The van der Waals surface area contributed by atoms with Gasteiger partial charge in [-0.1, -0.05) is 30.3 Å². The van der Waals surface area contributed by atoms with Crippen LogP contribution < -0.4 is 5.32 Å². The number of rotatable bonds is 4. The molecule has 0 aliphatic carbocycles. The molecule has 134 valence electrons. The first kappa shape index (κ1) is 17.0. The average molecular weight is 380 g/mol. The van der Waals surface area contributed by atoms with Gasteiger partial charge < -0.3 is 5.32 Å². The van der Waals surface area contributed by atoms with E-state index in [1.54, 1.807) is 0 Å². The summed E-state index contributed by atoms with van der Waals surface area (Å²) in [7, 11) is 0. The van der Waals surface area contributed by atoms with Gasteiger partial charge in [-0.2, -0.15) is 0 Å². The number of hydrogen-bond donors (Lipinski definition) is 1. The molecule has 2 aromatic carbocycles. The van der Waals surface area contributed by atoms with Crippen LogP contribution in [0.15, 0.2) is 59.2 Å². The Labute approximate surface area is 157 Å². The van der Waals surface area contributed by atoms with E-state index in [2.05, 4.69) is 20.6 Å². The Bertz CT molecular complexity index is 1090. The van der Waals surface area contributed by atoms with Gasteiger partial charge in [-0.25, -0.2) is 14.0 Å². The van der Waals surface area contributed by atoms with Gasteiger partial charge in [0, 0.05) is 5.56 Å². The highest BCUT2D eigenvalue weighted by molar-refractivity contribution is 7.15. The topological polar surface area (TPSA) is 80.9 Å². The molecule has 0 atom stereocenters. The van der Waals surface area contributed by atoms with E-state index in [4.69, 9.17) is 4.63 Å². The maximum atomic E-state index is 13.1. The van der Waals surface area contributed by atoms with E-state index >= 15 is 0 Å². The van der Waals surface area contributed by atoms with Gasteiger partial charge in [-0.05, 0) is 47.1 Å². The number of aryl methyl sites for hydroxylation is 1. The zero-order chi connectivity index (χ0) is 18.8. The summed E-state index contributed by atoms with van der Waals surface area (Å²) in [6, 6.07) is 15.2. The van der Waals surface area contributed by atoms with Crippen molar-refractivity contribution in [1.82, 2.24) is 15.3 Å². The van der Waals surface area contributed by atoms with Crippen molar-refractivity contribution in [2.45, 2.75) is 6.92 Å². The third-order valence-corrected chi connectivity index (χ3v) is 4.84. The van der Waals surface area contributed by atoms with Gasteiger partial charge in [0.25, 0.3) is 5.91 Å². The van der Waals surface area contributed by atoms with E-state index in [-0.39, 0.29) is 11.6 Å². The van der Waals surface area contributed by atoms with E-state index < -0.39 is 5.91 Å². The third-order valence-electron chi connectivity index (χ3n) is 3.82. The molecule has 0 bridgehead atoms. The van der Waals surface area contributed by atoms with Gasteiger partial charge in [0.15, 0.2) is 5.69 Å². The minimum absolute atomic E-state index is 0.149. The maximum absolute atomic E-state index is 13.1. The fraction of sp³-hybridized carbons (Fsp3) is 0.0526. The minimum atomic E-state index is -0.419. The number of carbonyl (C=O) groups is 1. The summed E-state index contributed by atoms with van der Waals surface area (Å²) >= 11 is 1.44. The van der Waals surface area contributed by atoms with E-state index in [0.29, 0.717) is 17.0 Å². The molecule has 8 heteroatoms. The lowest BCUT2D eigenvalue weighted by Crippen LogP contribution is -2.14. The largest absolute Gasteiger partial charge is 0.300 e. The standard InChI is InChI=1S/C19H13FN4O2S/c1-11-21-16(17(27-11)13-5-3-2-4-6-13)19(25)22-18-15(23-26-24-18)12-7-9-14(20)10-8-12/h2-10H,1H3,(H,22,24,25). The molecule has 6 nitrogen and oxygen atoms in total. The van der Waals surface area contributed by atoms with Gasteiger partial charge in [0.1, 0.15) is 11.5 Å². The molecule has 0 aliphatic heterocycles. The maximum Gasteiger partial charge on any atom is 0.277 e. The summed E-state index contributed by atoms with van der Waals surface area (Å²) in [4.78, 5) is 17.9. The summed E-state index contributed by atoms with van der Waals surface area (Å²) < 4.78 is 17.9. The quantitative estimate of drug-likeness (QED) is 0.561. The molecule has 0 aliphatic rings. The highest BCUT2D eigenvalue weighted by Gasteiger charge is 2.22. The Kier molecular flexibility index (Phi) is 4.47. The van der Waals surface area contributed by atoms with Crippen LogP contribution in [0.25, 0.3) is 21.7 Å². The first-order valence-electron chi connectivity index (χ1n) is 8.04. The SMILES string of the molecule is Cc1nc(C(=O)Nc2nonc2-c2ccc(F)cc2)c(-c2ccccc2)s1. The Balaban J connectivity index is 1.65. The first-order chi connectivity index (χ1) is 13.1. The molecule has 27 heavy (non-hydrogen) atoms. The van der Waals surface area contributed by atoms with Crippen molar-refractivity contribution in [2.75, 3.05) is 5.32 Å². The van der Waals surface area contributed by atoms with Crippen LogP contribution in [0.1, 0.15) is 15.5 Å². The van der Waals surface area contributed by atoms with Crippen molar-refractivity contribution >= 4 is 23.1 Å². The molecule has 2 heterocycles. The second-order valence-corrected chi connectivity index (χ2v) is 6.90. The molecule has 0 spiro atoms. The van der Waals surface area contributed by atoms with Crippen LogP contribution in [0.5, 0.6) is 0 Å². The molecule has 1 N–H and O–H groups in total. The predicted octanol–water partition coefficient (Wildman–Crippen LogP) is 4.56. The Hall–Kier alpha value is -3.39. The molecule has 4 rings (SSSR count). The first-order valence-corrected chi connectivity index (χ1v) is 8.86. The van der Waals surface area contributed by atoms with Gasteiger partial charge >= 0.3 is 0 Å². The van der Waals surface area contributed by atoms with Crippen LogP contribution >= 0.6 is 11.3 Å². The zero-order valence-electron chi connectivity index (χ0n) is 14.1. The summed E-state index contributed by atoms with van der Waals surface area (Å²) in [6.45, 7) is 1.84. The van der Waals surface area contributed by atoms with Gasteiger partial charge in [0.2, 0.25) is 5.82 Å². The summed E-state index contributed by atoms with van der Waals surface area (Å²) in [6.07, 6.45) is 0. The molecule has 4 aromatic rings. The number of hydrogen-bond acceptors (Lipinski definition) is 6. The van der Waals surface area contributed by atoms with E-state index in [1.807, 2.05) is 37.3 Å². The van der Waals surface area contributed by atoms with Crippen LogP contribution in [0.2, 0.25) is 0 Å². The lowest BCUT2D eigenvalue weighted by Gasteiger charge is -2.04. The van der Waals surface area contributed by atoms with Gasteiger partial charge in [0.05, 0.1) is 9.88 Å². The second-order valence-electron chi connectivity index (χ2n) is 5.70. The minimum Gasteiger partial charge on any atom is -0.300 e. The number of benzene rings is 2. The number of nitrogens with one attached hydrogen (secondary N) is 1. The molecule has 1 amide bonds. The summed E-state index contributed by atoms with van der Waals surface area (Å²) in [5.41, 5.74) is 2.10. The average Bonchev–Trinajstić information content (AvgIpc) is 3.30. The van der Waals surface area contributed by atoms with Crippen LogP contribution in [-0.4, -0.2) is 21.2 Å². The van der Waals surface area contributed by atoms with Crippen LogP contribution in [0.3, 0.4) is 0 Å². The molecular weight excluding hydrogens is 367 g/mol. The number of anilines is 1. The fourth-order valence-electron chi connectivity index (χ4n) is 2.60. The summed E-state index contributed by atoms with van der Waals surface area (Å²) in [5.74, 6) is -0.639. The molecule has 0 fully saturated rings. The third kappa shape index (κ3) is 3.47. The zero-order valence-corrected chi connectivity index (χ0v) is 15.0. The number of aromatic nitrogens is 3. The smallest absolute Gasteiger partial charge is 0.277 e. The lowest BCUT2D eigenvalue weighted by atomic mass is 10.1. The van der Waals surface area contributed by atoms with Crippen LogP contribution in [0.4, 0.5) is 10.2 Å². The van der Waals surface area contributed by atoms with Crippen molar-refractivity contribution in [2.24, 2.45) is 0 Å².